The lowest BCUT2D eigenvalue weighted by molar-refractivity contribution is 0.102. The number of amides is 1. The molecule has 0 unspecified atom stereocenters. The molecule has 18 heavy (non-hydrogen) atoms. The van der Waals surface area contributed by atoms with Crippen LogP contribution >= 0.6 is 23.2 Å². The highest BCUT2D eigenvalue weighted by atomic mass is 35.5. The van der Waals surface area contributed by atoms with Crippen LogP contribution in [0, 0.1) is 6.92 Å². The molecule has 5 nitrogen and oxygen atoms in total. The lowest BCUT2D eigenvalue weighted by Gasteiger charge is -2.04. The summed E-state index contributed by atoms with van der Waals surface area (Å²) in [5.41, 5.74) is 1.72. The van der Waals surface area contributed by atoms with Crippen LogP contribution in [0.5, 0.6) is 0 Å². The van der Waals surface area contributed by atoms with Crippen LogP contribution in [0.3, 0.4) is 0 Å². The summed E-state index contributed by atoms with van der Waals surface area (Å²) >= 11 is 11.5. The standard InChI is InChI=1S/C11H10Cl2N4O/c1-6-9(5-17(2)16-6)15-11(18)7-3-8(12)10(13)14-4-7/h3-5H,1-2H3,(H,15,18). The van der Waals surface area contributed by atoms with Crippen LogP contribution in [0.15, 0.2) is 18.5 Å². The number of hydrogen-bond donors (Lipinski definition) is 1. The summed E-state index contributed by atoms with van der Waals surface area (Å²) in [6, 6.07) is 1.47. The van der Waals surface area contributed by atoms with Crippen LogP contribution in [0.1, 0.15) is 16.1 Å². The zero-order valence-electron chi connectivity index (χ0n) is 9.74. The van der Waals surface area contributed by atoms with E-state index in [9.17, 15) is 4.79 Å². The molecule has 0 aromatic carbocycles. The van der Waals surface area contributed by atoms with Crippen molar-refractivity contribution < 1.29 is 4.79 Å². The average molecular weight is 285 g/mol. The van der Waals surface area contributed by atoms with Gasteiger partial charge in [-0.3, -0.25) is 9.48 Å². The van der Waals surface area contributed by atoms with Crippen LogP contribution in [0.25, 0.3) is 0 Å². The number of carbonyl (C=O) groups is 1. The van der Waals surface area contributed by atoms with Gasteiger partial charge in [0, 0.05) is 19.4 Å². The molecule has 0 spiro atoms. The van der Waals surface area contributed by atoms with E-state index in [-0.39, 0.29) is 16.1 Å². The molecule has 7 heteroatoms. The van der Waals surface area contributed by atoms with Crippen molar-refractivity contribution in [3.63, 3.8) is 0 Å². The highest BCUT2D eigenvalue weighted by Crippen LogP contribution is 2.20. The van der Waals surface area contributed by atoms with E-state index in [1.54, 1.807) is 17.9 Å². The first-order valence-corrected chi connectivity index (χ1v) is 5.85. The van der Waals surface area contributed by atoms with Crippen molar-refractivity contribution in [2.75, 3.05) is 5.32 Å². The van der Waals surface area contributed by atoms with E-state index in [1.807, 2.05) is 6.92 Å². The van der Waals surface area contributed by atoms with Crippen molar-refractivity contribution in [1.29, 1.82) is 0 Å². The van der Waals surface area contributed by atoms with Crippen LogP contribution in [-0.4, -0.2) is 20.7 Å². The second-order valence-electron chi connectivity index (χ2n) is 3.75. The molecule has 0 saturated heterocycles. The van der Waals surface area contributed by atoms with Crippen molar-refractivity contribution in [2.24, 2.45) is 7.05 Å². The summed E-state index contributed by atoms with van der Waals surface area (Å²) in [5.74, 6) is -0.308. The van der Waals surface area contributed by atoms with Crippen molar-refractivity contribution in [2.45, 2.75) is 6.92 Å². The van der Waals surface area contributed by atoms with E-state index in [1.165, 1.54) is 12.3 Å². The Morgan fingerprint density at radius 2 is 2.17 bits per heavy atom. The second kappa shape index (κ2) is 4.96. The average Bonchev–Trinajstić information content (AvgIpc) is 2.61. The Balaban J connectivity index is 2.22. The smallest absolute Gasteiger partial charge is 0.257 e. The number of carbonyl (C=O) groups excluding carboxylic acids is 1. The van der Waals surface area contributed by atoms with Gasteiger partial charge in [0.1, 0.15) is 5.15 Å². The molecular weight excluding hydrogens is 275 g/mol. The molecule has 2 aromatic heterocycles. The van der Waals surface area contributed by atoms with Crippen LogP contribution in [0.4, 0.5) is 5.69 Å². The summed E-state index contributed by atoms with van der Waals surface area (Å²) in [6.07, 6.45) is 3.09. The van der Waals surface area contributed by atoms with Gasteiger partial charge in [-0.05, 0) is 13.0 Å². The number of nitrogens with one attached hydrogen (secondary N) is 1. The first-order valence-electron chi connectivity index (χ1n) is 5.10. The van der Waals surface area contributed by atoms with Crippen LogP contribution in [0.2, 0.25) is 10.2 Å². The SMILES string of the molecule is Cc1nn(C)cc1NC(=O)c1cnc(Cl)c(Cl)c1. The predicted molar refractivity (Wildman–Crippen MR) is 70.2 cm³/mol. The fourth-order valence-electron chi connectivity index (χ4n) is 1.46. The Morgan fingerprint density at radius 3 is 2.72 bits per heavy atom. The van der Waals surface area contributed by atoms with Gasteiger partial charge in [-0.15, -0.1) is 0 Å². The highest BCUT2D eigenvalue weighted by Gasteiger charge is 2.12. The lowest BCUT2D eigenvalue weighted by Crippen LogP contribution is -2.12. The number of hydrogen-bond acceptors (Lipinski definition) is 3. The molecule has 2 aromatic rings. The molecular formula is C11H10Cl2N4O. The summed E-state index contributed by atoms with van der Waals surface area (Å²) in [4.78, 5) is 15.8. The van der Waals surface area contributed by atoms with Crippen LogP contribution in [-0.2, 0) is 7.05 Å². The molecule has 0 radical (unpaired) electrons. The lowest BCUT2D eigenvalue weighted by atomic mass is 10.2. The summed E-state index contributed by atoms with van der Waals surface area (Å²) in [6.45, 7) is 1.81. The van der Waals surface area contributed by atoms with E-state index in [2.05, 4.69) is 15.4 Å². The Labute approximate surface area is 114 Å². The van der Waals surface area contributed by atoms with Gasteiger partial charge in [0.15, 0.2) is 0 Å². The van der Waals surface area contributed by atoms with Gasteiger partial charge in [-0.1, -0.05) is 23.2 Å². The molecule has 0 aliphatic heterocycles. The second-order valence-corrected chi connectivity index (χ2v) is 4.52. The zero-order chi connectivity index (χ0) is 13.3. The van der Waals surface area contributed by atoms with E-state index < -0.39 is 0 Å². The highest BCUT2D eigenvalue weighted by molar-refractivity contribution is 6.41. The number of pyridine rings is 1. The number of aromatic nitrogens is 3. The van der Waals surface area contributed by atoms with Gasteiger partial charge in [-0.2, -0.15) is 5.10 Å². The molecule has 0 saturated carbocycles. The van der Waals surface area contributed by atoms with E-state index >= 15 is 0 Å². The summed E-state index contributed by atoms with van der Waals surface area (Å²) in [5, 5.41) is 7.27. The molecule has 1 N–H and O–H groups in total. The molecule has 94 valence electrons. The van der Waals surface area contributed by atoms with Crippen molar-refractivity contribution in [1.82, 2.24) is 14.8 Å². The fourth-order valence-corrected chi connectivity index (χ4v) is 1.73. The molecule has 1 amide bonds. The van der Waals surface area contributed by atoms with Gasteiger partial charge < -0.3 is 5.32 Å². The monoisotopic (exact) mass is 284 g/mol. The normalized spacial score (nSPS) is 10.4. The first kappa shape index (κ1) is 12.9. The Hall–Kier alpha value is -1.59. The number of rotatable bonds is 2. The predicted octanol–water partition coefficient (Wildman–Crippen LogP) is 2.68. The summed E-state index contributed by atoms with van der Waals surface area (Å²) < 4.78 is 1.62. The van der Waals surface area contributed by atoms with Crippen molar-refractivity contribution in [3.8, 4) is 0 Å². The Kier molecular flexibility index (Phi) is 3.54. The topological polar surface area (TPSA) is 59.8 Å². The van der Waals surface area contributed by atoms with Crippen molar-refractivity contribution in [3.05, 3.63) is 39.9 Å². The number of halogens is 2. The quantitative estimate of drug-likeness (QED) is 0.863. The van der Waals surface area contributed by atoms with Gasteiger partial charge in [-0.25, -0.2) is 4.98 Å². The van der Waals surface area contributed by atoms with Gasteiger partial charge in [0.2, 0.25) is 0 Å². The third-order valence-corrected chi connectivity index (χ3v) is 3.01. The maximum absolute atomic E-state index is 11.9. The first-order chi connectivity index (χ1) is 8.47. The number of nitrogens with zero attached hydrogens (tertiary/aromatic N) is 3. The van der Waals surface area contributed by atoms with Gasteiger partial charge >= 0.3 is 0 Å². The molecule has 0 fully saturated rings. The minimum absolute atomic E-state index is 0.172. The fraction of sp³-hybridized carbons (Fsp3) is 0.182. The van der Waals surface area contributed by atoms with E-state index in [0.29, 0.717) is 11.3 Å². The van der Waals surface area contributed by atoms with Crippen LogP contribution < -0.4 is 5.32 Å². The molecule has 0 aliphatic carbocycles. The summed E-state index contributed by atoms with van der Waals surface area (Å²) in [7, 11) is 1.78. The third kappa shape index (κ3) is 2.63. The van der Waals surface area contributed by atoms with E-state index in [4.69, 9.17) is 23.2 Å². The molecule has 2 rings (SSSR count). The molecule has 2 heterocycles. The molecule has 0 atom stereocenters. The molecule has 0 bridgehead atoms. The van der Waals surface area contributed by atoms with Gasteiger partial charge in [0.25, 0.3) is 5.91 Å². The third-order valence-electron chi connectivity index (χ3n) is 2.32. The number of anilines is 1. The van der Waals surface area contributed by atoms with E-state index in [0.717, 1.165) is 5.69 Å². The molecule has 0 aliphatic rings. The van der Waals surface area contributed by atoms with Crippen molar-refractivity contribution >= 4 is 34.8 Å². The maximum atomic E-state index is 11.9. The minimum Gasteiger partial charge on any atom is -0.319 e. The Morgan fingerprint density at radius 1 is 1.44 bits per heavy atom. The minimum atomic E-state index is -0.308. The maximum Gasteiger partial charge on any atom is 0.257 e. The Bertz CT molecular complexity index is 609. The van der Waals surface area contributed by atoms with Gasteiger partial charge in [0.05, 0.1) is 22.0 Å². The zero-order valence-corrected chi connectivity index (χ0v) is 11.2. The largest absolute Gasteiger partial charge is 0.319 e. The number of aryl methyl sites for hydroxylation is 2.